The van der Waals surface area contributed by atoms with Crippen LogP contribution in [0.1, 0.15) is 24.8 Å². The highest BCUT2D eigenvalue weighted by Crippen LogP contribution is 2.22. The summed E-state index contributed by atoms with van der Waals surface area (Å²) in [5.41, 5.74) is 0.522. The van der Waals surface area contributed by atoms with Crippen LogP contribution in [-0.4, -0.2) is 45.4 Å². The quantitative estimate of drug-likeness (QED) is 0.605. The lowest BCUT2D eigenvalue weighted by atomic mass is 10.2. The highest BCUT2D eigenvalue weighted by Gasteiger charge is 2.31. The van der Waals surface area contributed by atoms with E-state index < -0.39 is 28.1 Å². The van der Waals surface area contributed by atoms with Crippen molar-refractivity contribution in [1.82, 2.24) is 4.72 Å². The molecule has 1 N–H and O–H groups in total. The Hall–Kier alpha value is -2.42. The number of sulfonamides is 1. The van der Waals surface area contributed by atoms with Gasteiger partial charge >= 0.3 is 11.9 Å². The number of fused-ring (bicyclic) bond motifs is 1. The maximum absolute atomic E-state index is 11.9. The molecule has 0 radical (unpaired) electrons. The minimum absolute atomic E-state index is 0.0922. The molecule has 1 aromatic carbocycles. The highest BCUT2D eigenvalue weighted by atomic mass is 32.2. The topological polar surface area (TPSA) is 111 Å². The first-order chi connectivity index (χ1) is 11.5. The molecule has 0 bridgehead atoms. The average Bonchev–Trinajstić information content (AvgIpc) is 3.06. The van der Waals surface area contributed by atoms with Gasteiger partial charge in [-0.2, -0.15) is 0 Å². The lowest BCUT2D eigenvalue weighted by molar-refractivity contribution is -0.160. The highest BCUT2D eigenvalue weighted by molar-refractivity contribution is 7.90. The van der Waals surface area contributed by atoms with Crippen LogP contribution in [0.15, 0.2) is 34.2 Å². The fourth-order valence-electron chi connectivity index (χ4n) is 2.47. The minimum Gasteiger partial charge on any atom is -0.463 e. The molecule has 2 heterocycles. The zero-order valence-corrected chi connectivity index (χ0v) is 13.5. The zero-order chi connectivity index (χ0) is 17.2. The van der Waals surface area contributed by atoms with Crippen LogP contribution in [0.4, 0.5) is 0 Å². The molecular weight excluding hydrogens is 336 g/mol. The van der Waals surface area contributed by atoms with Gasteiger partial charge in [-0.05, 0) is 18.6 Å². The van der Waals surface area contributed by atoms with E-state index in [2.05, 4.69) is 9.71 Å². The summed E-state index contributed by atoms with van der Waals surface area (Å²) < 4.78 is 36.0. The van der Waals surface area contributed by atoms with E-state index in [0.717, 1.165) is 0 Å². The molecule has 2 aliphatic rings. The number of nitrogens with one attached hydrogen (secondary N) is 1. The molecule has 1 aromatic rings. The van der Waals surface area contributed by atoms with E-state index in [1.54, 1.807) is 18.2 Å². The molecular formula is C15H16N2O6S. The molecule has 0 aliphatic carbocycles. The molecule has 3 rings (SSSR count). The smallest absolute Gasteiger partial charge is 0.347 e. The molecule has 0 spiro atoms. The molecule has 128 valence electrons. The van der Waals surface area contributed by atoms with Crippen molar-refractivity contribution >= 4 is 27.8 Å². The molecule has 9 heteroatoms. The molecule has 0 aromatic heterocycles. The van der Waals surface area contributed by atoms with Crippen molar-refractivity contribution < 1.29 is 27.5 Å². The van der Waals surface area contributed by atoms with Gasteiger partial charge in [0, 0.05) is 24.9 Å². The van der Waals surface area contributed by atoms with Gasteiger partial charge in [-0.3, -0.25) is 14.5 Å². The predicted octanol–water partition coefficient (Wildman–Crippen LogP) is 0.364. The summed E-state index contributed by atoms with van der Waals surface area (Å²) in [5.74, 6) is -0.731. The van der Waals surface area contributed by atoms with Gasteiger partial charge in [-0.15, -0.1) is 0 Å². The van der Waals surface area contributed by atoms with E-state index in [0.29, 0.717) is 18.4 Å². The first-order valence-electron chi connectivity index (χ1n) is 7.50. The number of carbonyl (C=O) groups is 2. The van der Waals surface area contributed by atoms with Gasteiger partial charge in [0.05, 0.1) is 11.5 Å². The second-order valence-electron chi connectivity index (χ2n) is 5.37. The maximum Gasteiger partial charge on any atom is 0.347 e. The van der Waals surface area contributed by atoms with E-state index in [1.807, 2.05) is 0 Å². The lowest BCUT2D eigenvalue weighted by Gasteiger charge is -2.07. The van der Waals surface area contributed by atoms with E-state index in [1.165, 1.54) is 6.07 Å². The molecule has 0 amide bonds. The average molecular weight is 352 g/mol. The molecule has 1 fully saturated rings. The van der Waals surface area contributed by atoms with Crippen molar-refractivity contribution in [2.24, 2.45) is 4.99 Å². The van der Waals surface area contributed by atoms with Crippen molar-refractivity contribution in [1.29, 1.82) is 0 Å². The molecule has 0 saturated carbocycles. The Morgan fingerprint density at radius 3 is 2.92 bits per heavy atom. The number of esters is 2. The van der Waals surface area contributed by atoms with Crippen molar-refractivity contribution in [2.75, 3.05) is 13.2 Å². The van der Waals surface area contributed by atoms with Gasteiger partial charge in [-0.1, -0.05) is 12.1 Å². The van der Waals surface area contributed by atoms with E-state index in [4.69, 9.17) is 9.47 Å². The van der Waals surface area contributed by atoms with E-state index in [-0.39, 0.29) is 30.3 Å². The maximum atomic E-state index is 11.9. The van der Waals surface area contributed by atoms with Gasteiger partial charge in [0.2, 0.25) is 6.10 Å². The number of aliphatic imine (C=N–C) groups is 1. The fourth-order valence-corrected chi connectivity index (χ4v) is 3.72. The molecule has 24 heavy (non-hydrogen) atoms. The number of hydrogen-bond donors (Lipinski definition) is 1. The summed E-state index contributed by atoms with van der Waals surface area (Å²) in [5, 5.41) is 0. The Kier molecular flexibility index (Phi) is 4.52. The van der Waals surface area contributed by atoms with Crippen LogP contribution in [-0.2, 0) is 29.1 Å². The van der Waals surface area contributed by atoms with Crippen LogP contribution in [0.3, 0.4) is 0 Å². The van der Waals surface area contributed by atoms with Gasteiger partial charge in [-0.25, -0.2) is 13.2 Å². The third-order valence-corrected chi connectivity index (χ3v) is 5.03. The third kappa shape index (κ3) is 3.40. The number of rotatable bonds is 5. The van der Waals surface area contributed by atoms with Gasteiger partial charge in [0.25, 0.3) is 10.0 Å². The standard InChI is InChI=1S/C15H16N2O6S/c18-13(23-11-7-9-22-15(11)19)6-3-8-16-14-10-4-1-2-5-12(10)24(20,21)17-14/h1-2,4-5,11H,3,6-9H2,(H,16,17)/t11-/m1/s1. The Morgan fingerprint density at radius 1 is 1.38 bits per heavy atom. The van der Waals surface area contributed by atoms with Crippen LogP contribution >= 0.6 is 0 Å². The van der Waals surface area contributed by atoms with E-state index in [9.17, 15) is 18.0 Å². The number of ether oxygens (including phenoxy) is 2. The first kappa shape index (κ1) is 16.4. The van der Waals surface area contributed by atoms with Crippen LogP contribution in [0.5, 0.6) is 0 Å². The second-order valence-corrected chi connectivity index (χ2v) is 7.02. The normalized spacial score (nSPS) is 22.8. The van der Waals surface area contributed by atoms with E-state index >= 15 is 0 Å². The van der Waals surface area contributed by atoms with Crippen LogP contribution < -0.4 is 4.72 Å². The SMILES string of the molecule is O=C(CCCN=C1NS(=O)(=O)c2ccccc21)O[C@@H]1CCOC1=O. The second kappa shape index (κ2) is 6.60. The largest absolute Gasteiger partial charge is 0.463 e. The number of nitrogens with zero attached hydrogens (tertiary/aromatic N) is 1. The lowest BCUT2D eigenvalue weighted by Crippen LogP contribution is -2.23. The van der Waals surface area contributed by atoms with Crippen molar-refractivity contribution in [2.45, 2.75) is 30.3 Å². The first-order valence-corrected chi connectivity index (χ1v) is 8.98. The predicted molar refractivity (Wildman–Crippen MR) is 82.9 cm³/mol. The Morgan fingerprint density at radius 2 is 2.17 bits per heavy atom. The number of benzene rings is 1. The van der Waals surface area contributed by atoms with Crippen LogP contribution in [0, 0.1) is 0 Å². The summed E-state index contributed by atoms with van der Waals surface area (Å²) in [4.78, 5) is 27.3. The van der Waals surface area contributed by atoms with Gasteiger partial charge in [0.15, 0.2) is 0 Å². The number of carbonyl (C=O) groups excluding carboxylic acids is 2. The number of amidine groups is 1. The number of cyclic esters (lactones) is 1. The molecule has 0 unspecified atom stereocenters. The van der Waals surface area contributed by atoms with Gasteiger partial charge in [0.1, 0.15) is 5.84 Å². The molecule has 8 nitrogen and oxygen atoms in total. The fraction of sp³-hybridized carbons (Fsp3) is 0.400. The Bertz CT molecular complexity index is 802. The summed E-state index contributed by atoms with van der Waals surface area (Å²) in [6.45, 7) is 0.528. The number of hydrogen-bond acceptors (Lipinski definition) is 7. The Labute approximate surface area is 138 Å². The van der Waals surface area contributed by atoms with Crippen LogP contribution in [0.2, 0.25) is 0 Å². The summed E-state index contributed by atoms with van der Waals surface area (Å²) in [7, 11) is -3.55. The summed E-state index contributed by atoms with van der Waals surface area (Å²) in [6.07, 6.45) is 0.0475. The minimum atomic E-state index is -3.55. The van der Waals surface area contributed by atoms with Crippen molar-refractivity contribution in [3.05, 3.63) is 29.8 Å². The monoisotopic (exact) mass is 352 g/mol. The van der Waals surface area contributed by atoms with Gasteiger partial charge < -0.3 is 9.47 Å². The summed E-state index contributed by atoms with van der Waals surface area (Å²) >= 11 is 0. The van der Waals surface area contributed by atoms with Crippen molar-refractivity contribution in [3.8, 4) is 0 Å². The third-order valence-electron chi connectivity index (χ3n) is 3.63. The Balaban J connectivity index is 1.52. The summed E-state index contributed by atoms with van der Waals surface area (Å²) in [6, 6.07) is 6.56. The molecule has 2 aliphatic heterocycles. The molecule has 1 atom stereocenters. The van der Waals surface area contributed by atoms with Crippen LogP contribution in [0.25, 0.3) is 0 Å². The molecule has 1 saturated heterocycles. The zero-order valence-electron chi connectivity index (χ0n) is 12.7. The van der Waals surface area contributed by atoms with Crippen molar-refractivity contribution in [3.63, 3.8) is 0 Å².